The van der Waals surface area contributed by atoms with Gasteiger partial charge in [0.25, 0.3) is 5.91 Å². The lowest BCUT2D eigenvalue weighted by molar-refractivity contribution is 0.102. The van der Waals surface area contributed by atoms with Gasteiger partial charge in [0.05, 0.1) is 11.3 Å². The Hall–Kier alpha value is -2.58. The first-order chi connectivity index (χ1) is 12.7. The Balaban J connectivity index is 1.56. The third-order valence-electron chi connectivity index (χ3n) is 3.58. The number of amides is 1. The molecule has 0 spiro atoms. The van der Waals surface area contributed by atoms with E-state index in [0.29, 0.717) is 34.7 Å². The number of rotatable bonds is 4. The average Bonchev–Trinajstić information content (AvgIpc) is 3.07. The second-order valence-corrected chi connectivity index (χ2v) is 7.43. The van der Waals surface area contributed by atoms with Crippen molar-refractivity contribution in [3.8, 4) is 11.5 Å². The summed E-state index contributed by atoms with van der Waals surface area (Å²) >= 11 is 2.80. The van der Waals surface area contributed by atoms with E-state index in [1.165, 1.54) is 23.1 Å². The second-order valence-electron chi connectivity index (χ2n) is 5.51. The third kappa shape index (κ3) is 3.66. The molecule has 0 radical (unpaired) electrons. The molecule has 1 aromatic carbocycles. The number of nitrogens with one attached hydrogen (secondary N) is 1. The van der Waals surface area contributed by atoms with Gasteiger partial charge in [-0.25, -0.2) is 9.97 Å². The molecule has 8 heteroatoms. The number of benzene rings is 1. The average molecular weight is 385 g/mol. The van der Waals surface area contributed by atoms with E-state index in [9.17, 15) is 4.79 Å². The summed E-state index contributed by atoms with van der Waals surface area (Å²) < 4.78 is 11.2. The first kappa shape index (κ1) is 16.9. The van der Waals surface area contributed by atoms with Crippen LogP contribution in [0.1, 0.15) is 16.1 Å². The lowest BCUT2D eigenvalue weighted by atomic mass is 10.3. The van der Waals surface area contributed by atoms with Crippen LogP contribution in [0.15, 0.2) is 51.8 Å². The molecule has 0 saturated carbocycles. The van der Waals surface area contributed by atoms with Gasteiger partial charge in [-0.2, -0.15) is 0 Å². The number of aryl methyl sites for hydroxylation is 1. The minimum atomic E-state index is -0.229. The maximum atomic E-state index is 12.6. The summed E-state index contributed by atoms with van der Waals surface area (Å²) in [6.07, 6.45) is 1.67. The van der Waals surface area contributed by atoms with Crippen LogP contribution in [0.2, 0.25) is 0 Å². The van der Waals surface area contributed by atoms with E-state index in [2.05, 4.69) is 15.3 Å². The summed E-state index contributed by atoms with van der Waals surface area (Å²) in [7, 11) is 0. The van der Waals surface area contributed by atoms with Crippen LogP contribution in [0, 0.1) is 6.92 Å². The maximum Gasteiger partial charge on any atom is 0.260 e. The van der Waals surface area contributed by atoms with Crippen molar-refractivity contribution in [2.24, 2.45) is 0 Å². The molecule has 26 heavy (non-hydrogen) atoms. The lowest BCUT2D eigenvalue weighted by Crippen LogP contribution is -2.15. The van der Waals surface area contributed by atoms with Crippen molar-refractivity contribution in [3.05, 3.63) is 53.2 Å². The zero-order chi connectivity index (χ0) is 17.9. The molecule has 1 amide bonds. The molecule has 1 N–H and O–H groups in total. The summed E-state index contributed by atoms with van der Waals surface area (Å²) in [5.41, 5.74) is 1.38. The Labute approximate surface area is 158 Å². The number of nitrogens with zero attached hydrogens (tertiary/aromatic N) is 2. The second kappa shape index (κ2) is 7.35. The normalized spacial score (nSPS) is 12.7. The summed E-state index contributed by atoms with van der Waals surface area (Å²) in [5, 5.41) is 5.91. The van der Waals surface area contributed by atoms with Crippen molar-refractivity contribution in [3.63, 3.8) is 0 Å². The topological polar surface area (TPSA) is 73.3 Å². The number of hydrogen-bond acceptors (Lipinski definition) is 7. The molecule has 132 valence electrons. The van der Waals surface area contributed by atoms with Gasteiger partial charge >= 0.3 is 0 Å². The van der Waals surface area contributed by atoms with Crippen LogP contribution in [-0.2, 0) is 0 Å². The number of carbonyl (C=O) groups is 1. The molecule has 0 aliphatic carbocycles. The van der Waals surface area contributed by atoms with E-state index in [4.69, 9.17) is 9.47 Å². The fraction of sp³-hybridized carbons (Fsp3) is 0.167. The third-order valence-corrected chi connectivity index (χ3v) is 5.47. The molecule has 0 fully saturated rings. The van der Waals surface area contributed by atoms with Crippen molar-refractivity contribution in [1.29, 1.82) is 0 Å². The van der Waals surface area contributed by atoms with E-state index in [1.807, 2.05) is 30.5 Å². The van der Waals surface area contributed by atoms with Crippen LogP contribution >= 0.6 is 23.1 Å². The number of pyridine rings is 1. The van der Waals surface area contributed by atoms with Crippen molar-refractivity contribution < 1.29 is 14.3 Å². The number of thiazole rings is 1. The fourth-order valence-electron chi connectivity index (χ4n) is 2.42. The summed E-state index contributed by atoms with van der Waals surface area (Å²) in [6, 6.07) is 9.20. The Morgan fingerprint density at radius 1 is 1.23 bits per heavy atom. The maximum absolute atomic E-state index is 12.6. The highest BCUT2D eigenvalue weighted by Gasteiger charge is 2.17. The Morgan fingerprint density at radius 3 is 2.88 bits per heavy atom. The van der Waals surface area contributed by atoms with Crippen molar-refractivity contribution in [2.75, 3.05) is 18.5 Å². The van der Waals surface area contributed by atoms with Gasteiger partial charge in [-0.05, 0) is 37.3 Å². The molecule has 0 unspecified atom stereocenters. The Bertz CT molecular complexity index is 958. The van der Waals surface area contributed by atoms with Gasteiger partial charge in [-0.3, -0.25) is 10.1 Å². The summed E-state index contributed by atoms with van der Waals surface area (Å²) in [5.74, 6) is 1.22. The van der Waals surface area contributed by atoms with Gasteiger partial charge in [0.2, 0.25) is 0 Å². The number of fused-ring (bicyclic) bond motifs is 1. The van der Waals surface area contributed by atoms with Crippen LogP contribution in [0.25, 0.3) is 0 Å². The number of hydrogen-bond donors (Lipinski definition) is 1. The molecule has 2 aromatic heterocycles. The number of ether oxygens (including phenoxy) is 2. The van der Waals surface area contributed by atoms with Gasteiger partial charge in [0.1, 0.15) is 18.2 Å². The van der Waals surface area contributed by atoms with Gasteiger partial charge in [0.15, 0.2) is 16.6 Å². The van der Waals surface area contributed by atoms with Gasteiger partial charge in [0, 0.05) is 16.5 Å². The van der Waals surface area contributed by atoms with E-state index >= 15 is 0 Å². The van der Waals surface area contributed by atoms with Gasteiger partial charge in [-0.15, -0.1) is 11.3 Å². The minimum Gasteiger partial charge on any atom is -0.486 e. The number of carbonyl (C=O) groups excluding carboxylic acids is 1. The summed E-state index contributed by atoms with van der Waals surface area (Å²) in [6.45, 7) is 2.98. The summed E-state index contributed by atoms with van der Waals surface area (Å²) in [4.78, 5) is 22.2. The van der Waals surface area contributed by atoms with Crippen LogP contribution in [0.4, 0.5) is 5.13 Å². The number of anilines is 1. The minimum absolute atomic E-state index is 0.229. The van der Waals surface area contributed by atoms with Crippen LogP contribution in [0.3, 0.4) is 0 Å². The van der Waals surface area contributed by atoms with Gasteiger partial charge in [-0.1, -0.05) is 11.8 Å². The molecule has 0 bridgehead atoms. The van der Waals surface area contributed by atoms with Crippen LogP contribution < -0.4 is 14.8 Å². The molecule has 1 aliphatic heterocycles. The highest BCUT2D eigenvalue weighted by molar-refractivity contribution is 7.99. The molecule has 3 heterocycles. The molecule has 4 rings (SSSR count). The smallest absolute Gasteiger partial charge is 0.260 e. The quantitative estimate of drug-likeness (QED) is 0.731. The first-order valence-electron chi connectivity index (χ1n) is 7.95. The highest BCUT2D eigenvalue weighted by Crippen LogP contribution is 2.37. The van der Waals surface area contributed by atoms with E-state index in [0.717, 1.165) is 16.3 Å². The molecule has 6 nitrogen and oxygen atoms in total. The standard InChI is InChI=1S/C18H15N3O3S2/c1-11-10-25-18(20-11)21-16(22)13-3-2-6-19-17(13)26-12-4-5-14-15(9-12)24-8-7-23-14/h2-6,9-10H,7-8H2,1H3,(H,20,21,22). The molecule has 1 aliphatic rings. The molecule has 0 saturated heterocycles. The van der Waals surface area contributed by atoms with E-state index in [-0.39, 0.29) is 5.91 Å². The molecular weight excluding hydrogens is 370 g/mol. The van der Waals surface area contributed by atoms with Crippen molar-refractivity contribution in [1.82, 2.24) is 9.97 Å². The number of aromatic nitrogens is 2. The lowest BCUT2D eigenvalue weighted by Gasteiger charge is -2.18. The highest BCUT2D eigenvalue weighted by atomic mass is 32.2. The van der Waals surface area contributed by atoms with E-state index < -0.39 is 0 Å². The molecule has 0 atom stereocenters. The van der Waals surface area contributed by atoms with Crippen LogP contribution in [0.5, 0.6) is 11.5 Å². The first-order valence-corrected chi connectivity index (χ1v) is 9.65. The monoisotopic (exact) mass is 385 g/mol. The van der Waals surface area contributed by atoms with Crippen molar-refractivity contribution >= 4 is 34.1 Å². The SMILES string of the molecule is Cc1csc(NC(=O)c2cccnc2Sc2ccc3c(c2)OCCO3)n1. The largest absolute Gasteiger partial charge is 0.486 e. The predicted molar refractivity (Wildman–Crippen MR) is 101 cm³/mol. The zero-order valence-corrected chi connectivity index (χ0v) is 15.5. The molecule has 3 aromatic rings. The predicted octanol–water partition coefficient (Wildman–Crippen LogP) is 4.02. The fourth-order valence-corrected chi connectivity index (χ4v) is 4.01. The molecular formula is C18H15N3O3S2. The Morgan fingerprint density at radius 2 is 2.08 bits per heavy atom. The van der Waals surface area contributed by atoms with Gasteiger partial charge < -0.3 is 9.47 Å². The van der Waals surface area contributed by atoms with E-state index in [1.54, 1.807) is 18.3 Å². The van der Waals surface area contributed by atoms with Crippen LogP contribution in [-0.4, -0.2) is 29.1 Å². The van der Waals surface area contributed by atoms with Crippen molar-refractivity contribution in [2.45, 2.75) is 16.8 Å². The Kier molecular flexibility index (Phi) is 4.77. The zero-order valence-electron chi connectivity index (χ0n) is 13.9.